The number of fused-ring (bicyclic) bond motifs is 1. The van der Waals surface area contributed by atoms with Crippen molar-refractivity contribution >= 4 is 39.2 Å². The summed E-state index contributed by atoms with van der Waals surface area (Å²) in [5, 5.41) is 1.24. The summed E-state index contributed by atoms with van der Waals surface area (Å²) in [5.41, 5.74) is 1.67. The molecule has 0 unspecified atom stereocenters. The predicted molar refractivity (Wildman–Crippen MR) is 145 cm³/mol. The Kier molecular flexibility index (Phi) is 8.22. The van der Waals surface area contributed by atoms with Crippen LogP contribution in [0.25, 0.3) is 15.9 Å². The Morgan fingerprint density at radius 2 is 1.86 bits per heavy atom. The van der Waals surface area contributed by atoms with Gasteiger partial charge in [-0.3, -0.25) is 14.2 Å². The van der Waals surface area contributed by atoms with Crippen LogP contribution in [0, 0.1) is 6.92 Å². The molecule has 0 saturated carbocycles. The largest absolute Gasteiger partial charge is 0.494 e. The number of amides is 1. The molecule has 1 amide bonds. The first-order valence-corrected chi connectivity index (χ1v) is 14.4. The maximum Gasteiger partial charge on any atom is 0.267 e. The summed E-state index contributed by atoms with van der Waals surface area (Å²) in [5.74, 6) is 1.12. The summed E-state index contributed by atoms with van der Waals surface area (Å²) < 4.78 is 7.25. The standard InChI is InChI=1S/C27H35N3O3S2/c1-6-9-22-19(5)24-25(35-22)28-27(34-16-23(31)29-17(3)10-8-11-18(29)4)30(26(24)32)20-12-14-21(15-13-20)33-7-2/h12-15,17-18H,6-11,16H2,1-5H3/t17-,18-/m1/s1. The van der Waals surface area contributed by atoms with Crippen LogP contribution in [0.15, 0.2) is 34.2 Å². The van der Waals surface area contributed by atoms with E-state index in [9.17, 15) is 9.59 Å². The Labute approximate surface area is 215 Å². The molecule has 0 aliphatic carbocycles. The van der Waals surface area contributed by atoms with Crippen molar-refractivity contribution in [2.75, 3.05) is 12.4 Å². The van der Waals surface area contributed by atoms with E-state index in [1.165, 1.54) is 16.6 Å². The number of rotatable bonds is 8. The molecule has 1 fully saturated rings. The van der Waals surface area contributed by atoms with E-state index in [0.717, 1.165) is 53.9 Å². The normalized spacial score (nSPS) is 18.3. The number of aryl methyl sites for hydroxylation is 2. The second-order valence-corrected chi connectivity index (χ2v) is 11.3. The van der Waals surface area contributed by atoms with Crippen LogP contribution in [0.1, 0.15) is 63.8 Å². The van der Waals surface area contributed by atoms with Crippen LogP contribution in [-0.2, 0) is 11.2 Å². The lowest BCUT2D eigenvalue weighted by Crippen LogP contribution is -2.48. The Balaban J connectivity index is 1.74. The highest BCUT2D eigenvalue weighted by molar-refractivity contribution is 7.99. The lowest BCUT2D eigenvalue weighted by molar-refractivity contribution is -0.134. The third kappa shape index (κ3) is 5.28. The third-order valence-electron chi connectivity index (χ3n) is 6.72. The van der Waals surface area contributed by atoms with Gasteiger partial charge in [-0.15, -0.1) is 11.3 Å². The smallest absolute Gasteiger partial charge is 0.267 e. The van der Waals surface area contributed by atoms with Gasteiger partial charge < -0.3 is 9.64 Å². The second-order valence-electron chi connectivity index (χ2n) is 9.26. The van der Waals surface area contributed by atoms with Gasteiger partial charge in [0.05, 0.1) is 23.4 Å². The van der Waals surface area contributed by atoms with E-state index in [-0.39, 0.29) is 29.3 Å². The van der Waals surface area contributed by atoms with E-state index in [1.807, 2.05) is 43.0 Å². The summed E-state index contributed by atoms with van der Waals surface area (Å²) in [6, 6.07) is 7.99. The fourth-order valence-electron chi connectivity index (χ4n) is 4.97. The van der Waals surface area contributed by atoms with Crippen LogP contribution in [0.2, 0.25) is 0 Å². The number of nitrogens with zero attached hydrogens (tertiary/aromatic N) is 3. The van der Waals surface area contributed by atoms with Crippen molar-refractivity contribution in [3.8, 4) is 11.4 Å². The molecule has 0 N–H and O–H groups in total. The highest BCUT2D eigenvalue weighted by Gasteiger charge is 2.29. The molecule has 4 rings (SSSR count). The maximum absolute atomic E-state index is 13.8. The molecule has 1 aliphatic rings. The molecule has 0 spiro atoms. The average molecular weight is 514 g/mol. The molecule has 8 heteroatoms. The van der Waals surface area contributed by atoms with Crippen LogP contribution in [-0.4, -0.2) is 44.8 Å². The van der Waals surface area contributed by atoms with Crippen LogP contribution in [0.5, 0.6) is 5.75 Å². The van der Waals surface area contributed by atoms with Gasteiger partial charge in [-0.1, -0.05) is 25.1 Å². The van der Waals surface area contributed by atoms with Crippen molar-refractivity contribution < 1.29 is 9.53 Å². The average Bonchev–Trinajstić information content (AvgIpc) is 3.14. The number of likely N-dealkylation sites (tertiary alicyclic amines) is 1. The van der Waals surface area contributed by atoms with E-state index in [0.29, 0.717) is 17.1 Å². The summed E-state index contributed by atoms with van der Waals surface area (Å²) in [4.78, 5) is 36.0. The molecule has 0 bridgehead atoms. The second kappa shape index (κ2) is 11.2. The maximum atomic E-state index is 13.8. The van der Waals surface area contributed by atoms with Crippen LogP contribution >= 0.6 is 23.1 Å². The van der Waals surface area contributed by atoms with E-state index >= 15 is 0 Å². The summed E-state index contributed by atoms with van der Waals surface area (Å²) >= 11 is 2.96. The zero-order valence-electron chi connectivity index (χ0n) is 21.3. The Morgan fingerprint density at radius 1 is 1.17 bits per heavy atom. The van der Waals surface area contributed by atoms with E-state index in [1.54, 1.807) is 15.9 Å². The fraction of sp³-hybridized carbons (Fsp3) is 0.519. The highest BCUT2D eigenvalue weighted by Crippen LogP contribution is 2.32. The molecule has 3 aromatic rings. The first-order chi connectivity index (χ1) is 16.8. The Bertz CT molecular complexity index is 1240. The lowest BCUT2D eigenvalue weighted by atomic mass is 9.98. The van der Waals surface area contributed by atoms with Crippen molar-refractivity contribution in [3.63, 3.8) is 0 Å². The fourth-order valence-corrected chi connectivity index (χ4v) is 7.17. The van der Waals surface area contributed by atoms with Gasteiger partial charge in [-0.05, 0) is 83.2 Å². The first kappa shape index (κ1) is 25.8. The van der Waals surface area contributed by atoms with Gasteiger partial charge in [0.25, 0.3) is 5.56 Å². The predicted octanol–water partition coefficient (Wildman–Crippen LogP) is 5.99. The van der Waals surface area contributed by atoms with Crippen molar-refractivity contribution in [3.05, 3.63) is 45.1 Å². The number of thiophene rings is 1. The number of aromatic nitrogens is 2. The lowest BCUT2D eigenvalue weighted by Gasteiger charge is -2.39. The summed E-state index contributed by atoms with van der Waals surface area (Å²) in [6.45, 7) is 10.9. The van der Waals surface area contributed by atoms with Gasteiger partial charge in [0.15, 0.2) is 5.16 Å². The van der Waals surface area contributed by atoms with Crippen molar-refractivity contribution in [1.82, 2.24) is 14.5 Å². The number of hydrogen-bond acceptors (Lipinski definition) is 6. The minimum Gasteiger partial charge on any atom is -0.494 e. The minimum absolute atomic E-state index is 0.0788. The molecular weight excluding hydrogens is 478 g/mol. The van der Waals surface area contributed by atoms with Gasteiger partial charge >= 0.3 is 0 Å². The number of ether oxygens (including phenoxy) is 1. The Hall–Kier alpha value is -2.32. The van der Waals surface area contributed by atoms with Gasteiger partial charge in [0, 0.05) is 17.0 Å². The van der Waals surface area contributed by atoms with Crippen molar-refractivity contribution in [2.24, 2.45) is 0 Å². The molecular formula is C27H35N3O3S2. The van der Waals surface area contributed by atoms with Gasteiger partial charge in [0.1, 0.15) is 10.6 Å². The first-order valence-electron chi connectivity index (χ1n) is 12.6. The van der Waals surface area contributed by atoms with Gasteiger partial charge in [-0.2, -0.15) is 0 Å². The number of carbonyl (C=O) groups excluding carboxylic acids is 1. The zero-order valence-corrected chi connectivity index (χ0v) is 22.9. The molecule has 0 radical (unpaired) electrons. The minimum atomic E-state index is -0.0788. The molecule has 3 heterocycles. The Morgan fingerprint density at radius 3 is 2.49 bits per heavy atom. The third-order valence-corrected chi connectivity index (χ3v) is 8.89. The molecule has 6 nitrogen and oxygen atoms in total. The monoisotopic (exact) mass is 513 g/mol. The van der Waals surface area contributed by atoms with Crippen LogP contribution in [0.4, 0.5) is 0 Å². The summed E-state index contributed by atoms with van der Waals surface area (Å²) in [6.07, 6.45) is 5.18. The molecule has 35 heavy (non-hydrogen) atoms. The van der Waals surface area contributed by atoms with Crippen LogP contribution < -0.4 is 10.3 Å². The number of hydrogen-bond donors (Lipinski definition) is 0. The quantitative estimate of drug-likeness (QED) is 0.274. The molecule has 1 aliphatic heterocycles. The van der Waals surface area contributed by atoms with Gasteiger partial charge in [-0.25, -0.2) is 4.98 Å². The molecule has 1 aromatic carbocycles. The topological polar surface area (TPSA) is 64.4 Å². The van der Waals surface area contributed by atoms with E-state index in [4.69, 9.17) is 9.72 Å². The molecule has 2 aromatic heterocycles. The number of carbonyl (C=O) groups is 1. The SMILES string of the molecule is CCCc1sc2nc(SCC(=O)N3[C@H](C)CCC[C@H]3C)n(-c3ccc(OCC)cc3)c(=O)c2c1C. The van der Waals surface area contributed by atoms with Crippen LogP contribution in [0.3, 0.4) is 0 Å². The number of benzene rings is 1. The molecule has 2 atom stereocenters. The van der Waals surface area contributed by atoms with Crippen molar-refractivity contribution in [1.29, 1.82) is 0 Å². The summed E-state index contributed by atoms with van der Waals surface area (Å²) in [7, 11) is 0. The zero-order chi connectivity index (χ0) is 25.1. The van der Waals surface area contributed by atoms with E-state index < -0.39 is 0 Å². The molecule has 1 saturated heterocycles. The van der Waals surface area contributed by atoms with Crippen molar-refractivity contribution in [2.45, 2.75) is 84.0 Å². The van der Waals surface area contributed by atoms with Gasteiger partial charge in [0.2, 0.25) is 5.91 Å². The molecule has 188 valence electrons. The highest BCUT2D eigenvalue weighted by atomic mass is 32.2. The number of piperidine rings is 1. The number of thioether (sulfide) groups is 1. The van der Waals surface area contributed by atoms with E-state index in [2.05, 4.69) is 20.8 Å².